The smallest absolute Gasteiger partial charge is 0.241 e. The van der Waals surface area contributed by atoms with Crippen LogP contribution < -0.4 is 10.6 Å². The van der Waals surface area contributed by atoms with Crippen LogP contribution >= 0.6 is 11.6 Å². The van der Waals surface area contributed by atoms with Crippen molar-refractivity contribution in [2.24, 2.45) is 5.92 Å². The SMILES string of the molecule is CC(C)OCCCNC(=O)C1CCN(C(C)C(=O)Nc2cccnc2Cl)CC1. The third-order valence-corrected chi connectivity index (χ3v) is 5.22. The Morgan fingerprint density at radius 2 is 2.04 bits per heavy atom. The molecule has 1 aliphatic rings. The molecule has 2 N–H and O–H groups in total. The number of ether oxygens (including phenoxy) is 1. The van der Waals surface area contributed by atoms with E-state index in [4.69, 9.17) is 16.3 Å². The van der Waals surface area contributed by atoms with Gasteiger partial charge >= 0.3 is 0 Å². The van der Waals surface area contributed by atoms with E-state index in [1.54, 1.807) is 18.3 Å². The summed E-state index contributed by atoms with van der Waals surface area (Å²) in [6.07, 6.45) is 4.11. The zero-order chi connectivity index (χ0) is 20.5. The minimum atomic E-state index is -0.298. The molecule has 2 rings (SSSR count). The number of carbonyl (C=O) groups is 2. The van der Waals surface area contributed by atoms with Crippen LogP contribution in [0.3, 0.4) is 0 Å². The summed E-state index contributed by atoms with van der Waals surface area (Å²) < 4.78 is 5.47. The molecule has 0 spiro atoms. The summed E-state index contributed by atoms with van der Waals surface area (Å²) >= 11 is 6.00. The molecule has 2 heterocycles. The van der Waals surface area contributed by atoms with Gasteiger partial charge < -0.3 is 15.4 Å². The molecule has 1 aromatic rings. The van der Waals surface area contributed by atoms with E-state index in [1.807, 2.05) is 20.8 Å². The van der Waals surface area contributed by atoms with Crippen LogP contribution in [-0.4, -0.2) is 60.1 Å². The Bertz CT molecular complexity index is 648. The van der Waals surface area contributed by atoms with Gasteiger partial charge in [-0.05, 0) is 65.3 Å². The van der Waals surface area contributed by atoms with E-state index in [9.17, 15) is 9.59 Å². The average molecular weight is 411 g/mol. The number of aromatic nitrogens is 1. The standard InChI is InChI=1S/C20H31ClN4O3/c1-14(2)28-13-5-10-23-20(27)16-7-11-25(12-8-16)15(3)19(26)24-17-6-4-9-22-18(17)21/h4,6,9,14-16H,5,7-8,10-13H2,1-3H3,(H,23,27)(H,24,26). The highest BCUT2D eigenvalue weighted by Gasteiger charge is 2.29. The highest BCUT2D eigenvalue weighted by Crippen LogP contribution is 2.21. The fraction of sp³-hybridized carbons (Fsp3) is 0.650. The molecular weight excluding hydrogens is 380 g/mol. The van der Waals surface area contributed by atoms with Crippen LogP contribution in [0, 0.1) is 5.92 Å². The molecule has 0 saturated carbocycles. The third kappa shape index (κ3) is 7.04. The quantitative estimate of drug-likeness (QED) is 0.483. The molecule has 1 aromatic heterocycles. The van der Waals surface area contributed by atoms with Crippen molar-refractivity contribution in [1.82, 2.24) is 15.2 Å². The fourth-order valence-electron chi connectivity index (χ4n) is 3.18. The van der Waals surface area contributed by atoms with Crippen LogP contribution in [-0.2, 0) is 14.3 Å². The first kappa shape index (κ1) is 22.6. The molecule has 0 aromatic carbocycles. The van der Waals surface area contributed by atoms with E-state index < -0.39 is 0 Å². The van der Waals surface area contributed by atoms with E-state index >= 15 is 0 Å². The van der Waals surface area contributed by atoms with Gasteiger partial charge in [-0.2, -0.15) is 0 Å². The summed E-state index contributed by atoms with van der Waals surface area (Å²) in [6, 6.07) is 3.15. The van der Waals surface area contributed by atoms with E-state index in [1.165, 1.54) is 0 Å². The first-order valence-corrected chi connectivity index (χ1v) is 10.3. The normalized spacial score (nSPS) is 16.8. The summed E-state index contributed by atoms with van der Waals surface area (Å²) in [6.45, 7) is 8.58. The number of likely N-dealkylation sites (tertiary alicyclic amines) is 1. The second-order valence-electron chi connectivity index (χ2n) is 7.38. The molecule has 0 radical (unpaired) electrons. The number of hydrogen-bond acceptors (Lipinski definition) is 5. The van der Waals surface area contributed by atoms with Crippen molar-refractivity contribution in [3.8, 4) is 0 Å². The molecule has 1 saturated heterocycles. The van der Waals surface area contributed by atoms with Gasteiger partial charge in [0.1, 0.15) is 0 Å². The van der Waals surface area contributed by atoms with Crippen molar-refractivity contribution in [1.29, 1.82) is 0 Å². The molecule has 1 atom stereocenters. The number of rotatable bonds is 9. The van der Waals surface area contributed by atoms with Crippen molar-refractivity contribution in [3.63, 3.8) is 0 Å². The summed E-state index contributed by atoms with van der Waals surface area (Å²) in [4.78, 5) is 30.9. The van der Waals surface area contributed by atoms with Gasteiger partial charge in [0.05, 0.1) is 17.8 Å². The maximum Gasteiger partial charge on any atom is 0.241 e. The molecular formula is C20H31ClN4O3. The number of hydrogen-bond donors (Lipinski definition) is 2. The lowest BCUT2D eigenvalue weighted by Crippen LogP contribution is -2.48. The number of halogens is 1. The number of carbonyl (C=O) groups excluding carboxylic acids is 2. The number of pyridine rings is 1. The Morgan fingerprint density at radius 1 is 1.32 bits per heavy atom. The maximum atomic E-state index is 12.5. The Hall–Kier alpha value is -1.70. The molecule has 28 heavy (non-hydrogen) atoms. The summed E-state index contributed by atoms with van der Waals surface area (Å²) in [5, 5.41) is 6.09. The van der Waals surface area contributed by atoms with E-state index in [0.29, 0.717) is 31.9 Å². The van der Waals surface area contributed by atoms with Gasteiger partial charge in [-0.1, -0.05) is 11.6 Å². The third-order valence-electron chi connectivity index (χ3n) is 4.92. The van der Waals surface area contributed by atoms with E-state index in [-0.39, 0.29) is 35.0 Å². The lowest BCUT2D eigenvalue weighted by Gasteiger charge is -2.34. The molecule has 8 heteroatoms. The number of nitrogens with zero attached hydrogens (tertiary/aromatic N) is 2. The number of anilines is 1. The Morgan fingerprint density at radius 3 is 2.68 bits per heavy atom. The first-order valence-electron chi connectivity index (χ1n) is 9.93. The topological polar surface area (TPSA) is 83.6 Å². The van der Waals surface area contributed by atoms with Gasteiger partial charge in [0.2, 0.25) is 11.8 Å². The lowest BCUT2D eigenvalue weighted by molar-refractivity contribution is -0.127. The Labute approximate surface area is 172 Å². The Balaban J connectivity index is 1.71. The molecule has 1 aliphatic heterocycles. The van der Waals surface area contributed by atoms with Crippen LogP contribution in [0.4, 0.5) is 5.69 Å². The molecule has 0 bridgehead atoms. The molecule has 7 nitrogen and oxygen atoms in total. The predicted octanol–water partition coefficient (Wildman–Crippen LogP) is 2.71. The highest BCUT2D eigenvalue weighted by molar-refractivity contribution is 6.32. The van der Waals surface area contributed by atoms with Gasteiger partial charge in [-0.15, -0.1) is 0 Å². The molecule has 156 valence electrons. The van der Waals surface area contributed by atoms with E-state index in [2.05, 4.69) is 20.5 Å². The van der Waals surface area contributed by atoms with Crippen molar-refractivity contribution >= 4 is 29.1 Å². The van der Waals surface area contributed by atoms with Crippen LogP contribution in [0.2, 0.25) is 5.15 Å². The van der Waals surface area contributed by atoms with Gasteiger partial charge in [-0.3, -0.25) is 14.5 Å². The minimum Gasteiger partial charge on any atom is -0.379 e. The number of piperidine rings is 1. The van der Waals surface area contributed by atoms with Crippen molar-refractivity contribution < 1.29 is 14.3 Å². The lowest BCUT2D eigenvalue weighted by atomic mass is 9.95. The average Bonchev–Trinajstić information content (AvgIpc) is 2.68. The van der Waals surface area contributed by atoms with Gasteiger partial charge in [0, 0.05) is 25.3 Å². The zero-order valence-corrected chi connectivity index (χ0v) is 17.7. The second-order valence-corrected chi connectivity index (χ2v) is 7.74. The predicted molar refractivity (Wildman–Crippen MR) is 110 cm³/mol. The molecule has 0 aliphatic carbocycles. The molecule has 2 amide bonds. The number of amides is 2. The largest absolute Gasteiger partial charge is 0.379 e. The van der Waals surface area contributed by atoms with Gasteiger partial charge in [0.25, 0.3) is 0 Å². The van der Waals surface area contributed by atoms with Crippen LogP contribution in [0.15, 0.2) is 18.3 Å². The minimum absolute atomic E-state index is 0.00490. The van der Waals surface area contributed by atoms with Gasteiger partial charge in [-0.25, -0.2) is 4.98 Å². The first-order chi connectivity index (χ1) is 13.4. The van der Waals surface area contributed by atoms with Crippen LogP contribution in [0.1, 0.15) is 40.0 Å². The zero-order valence-electron chi connectivity index (χ0n) is 16.9. The van der Waals surface area contributed by atoms with E-state index in [0.717, 1.165) is 19.3 Å². The van der Waals surface area contributed by atoms with Crippen molar-refractivity contribution in [3.05, 3.63) is 23.5 Å². The monoisotopic (exact) mass is 410 g/mol. The Kier molecular flexibility index (Phi) is 9.15. The highest BCUT2D eigenvalue weighted by atomic mass is 35.5. The fourth-order valence-corrected chi connectivity index (χ4v) is 3.34. The summed E-state index contributed by atoms with van der Waals surface area (Å²) in [7, 11) is 0. The maximum absolute atomic E-state index is 12.5. The van der Waals surface area contributed by atoms with Gasteiger partial charge in [0.15, 0.2) is 5.15 Å². The summed E-state index contributed by atoms with van der Waals surface area (Å²) in [5.74, 6) is -0.0170. The van der Waals surface area contributed by atoms with Crippen LogP contribution in [0.5, 0.6) is 0 Å². The molecule has 1 unspecified atom stereocenters. The van der Waals surface area contributed by atoms with Crippen LogP contribution in [0.25, 0.3) is 0 Å². The second kappa shape index (κ2) is 11.3. The van der Waals surface area contributed by atoms with Crippen molar-refractivity contribution in [2.75, 3.05) is 31.6 Å². The summed E-state index contributed by atoms with van der Waals surface area (Å²) in [5.41, 5.74) is 0.511. The molecule has 1 fully saturated rings. The number of nitrogens with one attached hydrogen (secondary N) is 2. The van der Waals surface area contributed by atoms with Crippen molar-refractivity contribution in [2.45, 2.75) is 52.2 Å².